The van der Waals surface area contributed by atoms with E-state index >= 15 is 0 Å². The van der Waals surface area contributed by atoms with Gasteiger partial charge in [0.25, 0.3) is 0 Å². The van der Waals surface area contributed by atoms with Gasteiger partial charge in [0.1, 0.15) is 0 Å². The topological polar surface area (TPSA) is 57.5 Å². The first-order valence-electron chi connectivity index (χ1n) is 6.75. The van der Waals surface area contributed by atoms with Crippen LogP contribution in [0.1, 0.15) is 47.0 Å². The summed E-state index contributed by atoms with van der Waals surface area (Å²) in [7, 11) is 0. The number of aliphatic hydroxyl groups is 1. The summed E-state index contributed by atoms with van der Waals surface area (Å²) in [6.45, 7) is 8.11. The molecule has 2 N–H and O–H groups in total. The molecule has 4 unspecified atom stereocenters. The zero-order chi connectivity index (χ0) is 13.2. The summed E-state index contributed by atoms with van der Waals surface area (Å²) in [5.74, 6) is 0.178. The Bertz CT molecular complexity index is 260. The summed E-state index contributed by atoms with van der Waals surface area (Å²) in [5.41, 5.74) is 0. The Morgan fingerprint density at radius 1 is 1.18 bits per heavy atom. The molecule has 0 radical (unpaired) electrons. The average molecular weight is 242 g/mol. The van der Waals surface area contributed by atoms with Crippen molar-refractivity contribution in [1.29, 1.82) is 0 Å². The van der Waals surface area contributed by atoms with Crippen molar-refractivity contribution in [2.75, 3.05) is 0 Å². The predicted molar refractivity (Wildman–Crippen MR) is 67.6 cm³/mol. The van der Waals surface area contributed by atoms with Gasteiger partial charge in [0.05, 0.1) is 12.0 Å². The predicted octanol–water partition coefficient (Wildman–Crippen LogP) is 2.78. The van der Waals surface area contributed by atoms with Crippen LogP contribution in [0.25, 0.3) is 0 Å². The van der Waals surface area contributed by atoms with Crippen molar-refractivity contribution in [2.24, 2.45) is 29.6 Å². The van der Waals surface area contributed by atoms with Crippen LogP contribution in [0.2, 0.25) is 0 Å². The van der Waals surface area contributed by atoms with E-state index in [4.69, 9.17) is 0 Å². The molecule has 1 saturated carbocycles. The van der Waals surface area contributed by atoms with Crippen LogP contribution in [-0.2, 0) is 4.79 Å². The molecule has 3 nitrogen and oxygen atoms in total. The van der Waals surface area contributed by atoms with Crippen LogP contribution >= 0.6 is 0 Å². The van der Waals surface area contributed by atoms with E-state index in [2.05, 4.69) is 20.8 Å². The Kier molecular flexibility index (Phi) is 4.99. The normalized spacial score (nSPS) is 33.4. The standard InChI is InChI=1S/C14H26O3/c1-8(2)11-6-5-9(3)7-12(11)13(10(4)15)14(16)17/h8-13,15H,5-7H2,1-4H3,(H,16,17)/t9?,10?,11?,12?,13-/m1/s1. The maximum Gasteiger partial charge on any atom is 0.309 e. The number of carboxylic acids is 1. The largest absolute Gasteiger partial charge is 0.481 e. The van der Waals surface area contributed by atoms with Gasteiger partial charge in [-0.25, -0.2) is 0 Å². The fraction of sp³-hybridized carbons (Fsp3) is 0.929. The molecule has 1 fully saturated rings. The van der Waals surface area contributed by atoms with E-state index < -0.39 is 18.0 Å². The number of carbonyl (C=O) groups is 1. The third-order valence-electron chi connectivity index (χ3n) is 4.34. The SMILES string of the molecule is CC1CCC(C(C)C)C([C@H](C(=O)O)C(C)O)C1. The number of rotatable bonds is 4. The highest BCUT2D eigenvalue weighted by Crippen LogP contribution is 2.42. The van der Waals surface area contributed by atoms with E-state index in [-0.39, 0.29) is 5.92 Å². The van der Waals surface area contributed by atoms with Gasteiger partial charge >= 0.3 is 5.97 Å². The number of aliphatic carboxylic acids is 1. The van der Waals surface area contributed by atoms with Crippen molar-refractivity contribution < 1.29 is 15.0 Å². The molecule has 0 amide bonds. The minimum atomic E-state index is -0.843. The van der Waals surface area contributed by atoms with E-state index in [0.717, 1.165) is 12.8 Å². The first-order valence-corrected chi connectivity index (χ1v) is 6.75. The molecule has 0 spiro atoms. The third kappa shape index (κ3) is 3.44. The number of hydrogen-bond donors (Lipinski definition) is 2. The van der Waals surface area contributed by atoms with Gasteiger partial charge in [-0.2, -0.15) is 0 Å². The maximum atomic E-state index is 11.4. The molecule has 0 aliphatic heterocycles. The van der Waals surface area contributed by atoms with Gasteiger partial charge in [0.2, 0.25) is 0 Å². The Morgan fingerprint density at radius 2 is 1.76 bits per heavy atom. The molecule has 0 heterocycles. The lowest BCUT2D eigenvalue weighted by molar-refractivity contribution is -0.151. The molecule has 100 valence electrons. The molecular weight excluding hydrogens is 216 g/mol. The molecule has 0 bridgehead atoms. The summed E-state index contributed by atoms with van der Waals surface area (Å²) >= 11 is 0. The fourth-order valence-corrected chi connectivity index (χ4v) is 3.44. The minimum Gasteiger partial charge on any atom is -0.481 e. The van der Waals surface area contributed by atoms with Crippen molar-refractivity contribution in [2.45, 2.75) is 53.1 Å². The Balaban J connectivity index is 2.90. The van der Waals surface area contributed by atoms with Crippen LogP contribution in [0.3, 0.4) is 0 Å². The van der Waals surface area contributed by atoms with Crippen molar-refractivity contribution in [1.82, 2.24) is 0 Å². The van der Waals surface area contributed by atoms with Gasteiger partial charge in [-0.3, -0.25) is 4.79 Å². The first kappa shape index (κ1) is 14.5. The van der Waals surface area contributed by atoms with Gasteiger partial charge in [-0.1, -0.05) is 27.2 Å². The molecule has 5 atom stereocenters. The number of carboxylic acid groups (broad SMARTS) is 1. The zero-order valence-electron chi connectivity index (χ0n) is 11.4. The quantitative estimate of drug-likeness (QED) is 0.797. The van der Waals surface area contributed by atoms with Crippen molar-refractivity contribution in [3.8, 4) is 0 Å². The second-order valence-electron chi connectivity index (χ2n) is 6.09. The molecule has 0 aromatic heterocycles. The zero-order valence-corrected chi connectivity index (χ0v) is 11.4. The third-order valence-corrected chi connectivity index (χ3v) is 4.34. The molecule has 0 aromatic carbocycles. The summed E-state index contributed by atoms with van der Waals surface area (Å²) in [4.78, 5) is 11.4. The molecule has 1 rings (SSSR count). The average Bonchev–Trinajstić information content (AvgIpc) is 2.15. The maximum absolute atomic E-state index is 11.4. The summed E-state index contributed by atoms with van der Waals surface area (Å²) in [5, 5.41) is 19.1. The van der Waals surface area contributed by atoms with E-state index in [1.54, 1.807) is 6.92 Å². The molecule has 0 aromatic rings. The smallest absolute Gasteiger partial charge is 0.309 e. The van der Waals surface area contributed by atoms with Crippen LogP contribution < -0.4 is 0 Å². The summed E-state index contributed by atoms with van der Waals surface area (Å²) in [6.07, 6.45) is 2.46. The molecule has 17 heavy (non-hydrogen) atoms. The van der Waals surface area contributed by atoms with Crippen LogP contribution in [0, 0.1) is 29.6 Å². The second-order valence-corrected chi connectivity index (χ2v) is 6.09. The van der Waals surface area contributed by atoms with E-state index in [9.17, 15) is 15.0 Å². The van der Waals surface area contributed by atoms with Crippen LogP contribution in [-0.4, -0.2) is 22.3 Å². The lowest BCUT2D eigenvalue weighted by Gasteiger charge is -2.41. The van der Waals surface area contributed by atoms with Gasteiger partial charge in [-0.05, 0) is 43.4 Å². The number of hydrogen-bond acceptors (Lipinski definition) is 2. The first-order chi connectivity index (χ1) is 7.84. The summed E-state index contributed by atoms with van der Waals surface area (Å²) < 4.78 is 0. The molecule has 0 saturated heterocycles. The number of aliphatic hydroxyl groups excluding tert-OH is 1. The highest BCUT2D eigenvalue weighted by Gasteiger charge is 2.41. The van der Waals surface area contributed by atoms with Gasteiger partial charge in [0.15, 0.2) is 0 Å². The highest BCUT2D eigenvalue weighted by molar-refractivity contribution is 5.71. The van der Waals surface area contributed by atoms with Gasteiger partial charge < -0.3 is 10.2 Å². The lowest BCUT2D eigenvalue weighted by Crippen LogP contribution is -2.41. The van der Waals surface area contributed by atoms with Crippen LogP contribution in [0.5, 0.6) is 0 Å². The Labute approximate surface area is 104 Å². The van der Waals surface area contributed by atoms with Gasteiger partial charge in [-0.15, -0.1) is 0 Å². The molecule has 1 aliphatic rings. The second kappa shape index (κ2) is 5.85. The fourth-order valence-electron chi connectivity index (χ4n) is 3.44. The monoisotopic (exact) mass is 242 g/mol. The summed E-state index contributed by atoms with van der Waals surface area (Å²) in [6, 6.07) is 0. The van der Waals surface area contributed by atoms with Crippen molar-refractivity contribution in [3.63, 3.8) is 0 Å². The highest BCUT2D eigenvalue weighted by atomic mass is 16.4. The molecule has 1 aliphatic carbocycles. The van der Waals surface area contributed by atoms with E-state index in [1.165, 1.54) is 6.42 Å². The molecular formula is C14H26O3. The van der Waals surface area contributed by atoms with Crippen molar-refractivity contribution in [3.05, 3.63) is 0 Å². The van der Waals surface area contributed by atoms with Crippen LogP contribution in [0.15, 0.2) is 0 Å². The van der Waals surface area contributed by atoms with E-state index in [1.807, 2.05) is 0 Å². The minimum absolute atomic E-state index is 0.122. The Hall–Kier alpha value is -0.570. The Morgan fingerprint density at radius 3 is 2.18 bits per heavy atom. The lowest BCUT2D eigenvalue weighted by atomic mass is 9.64. The van der Waals surface area contributed by atoms with Crippen LogP contribution in [0.4, 0.5) is 0 Å². The van der Waals surface area contributed by atoms with Crippen molar-refractivity contribution >= 4 is 5.97 Å². The molecule has 3 heteroatoms. The van der Waals surface area contributed by atoms with E-state index in [0.29, 0.717) is 17.8 Å². The van der Waals surface area contributed by atoms with Gasteiger partial charge in [0, 0.05) is 0 Å².